The van der Waals surface area contributed by atoms with Crippen molar-refractivity contribution < 1.29 is 4.79 Å². The lowest BCUT2D eigenvalue weighted by atomic mass is 9.91. The number of pyridine rings is 1. The first-order valence-corrected chi connectivity index (χ1v) is 8.59. The highest BCUT2D eigenvalue weighted by atomic mass is 16.2. The molecule has 3 heterocycles. The van der Waals surface area contributed by atoms with Crippen molar-refractivity contribution in [2.24, 2.45) is 0 Å². The molecule has 5 nitrogen and oxygen atoms in total. The number of carbonyl (C=O) groups excluding carboxylic acids is 1. The van der Waals surface area contributed by atoms with Crippen LogP contribution in [0.4, 0.5) is 4.79 Å². The van der Waals surface area contributed by atoms with Gasteiger partial charge in [0, 0.05) is 49.4 Å². The number of amides is 2. The molecule has 1 unspecified atom stereocenters. The summed E-state index contributed by atoms with van der Waals surface area (Å²) in [5, 5.41) is 1.18. The third kappa shape index (κ3) is 3.05. The first kappa shape index (κ1) is 15.8. The summed E-state index contributed by atoms with van der Waals surface area (Å²) >= 11 is 0. The molecule has 0 saturated carbocycles. The maximum Gasteiger partial charge on any atom is 0.320 e. The zero-order chi connectivity index (χ0) is 16.4. The standard InChI is InChI=1S/C18H26N4O/c1-4-22(13(2)3)18(23)21-10-6-7-14(12-21)16-11-20-17-15(16)8-5-9-19-17/h5,8-9,11,13-14H,4,6-7,10,12H2,1-3H3,(H,19,20). The van der Waals surface area contributed by atoms with Crippen molar-refractivity contribution in [1.82, 2.24) is 19.8 Å². The number of aromatic amines is 1. The zero-order valence-corrected chi connectivity index (χ0v) is 14.2. The molecule has 0 aliphatic carbocycles. The Kier molecular flexibility index (Phi) is 4.55. The quantitative estimate of drug-likeness (QED) is 0.941. The highest BCUT2D eigenvalue weighted by Crippen LogP contribution is 2.32. The van der Waals surface area contributed by atoms with Gasteiger partial charge in [0.05, 0.1) is 0 Å². The van der Waals surface area contributed by atoms with E-state index in [-0.39, 0.29) is 12.1 Å². The summed E-state index contributed by atoms with van der Waals surface area (Å²) < 4.78 is 0. The molecule has 3 rings (SSSR count). The van der Waals surface area contributed by atoms with Crippen LogP contribution in [0.25, 0.3) is 11.0 Å². The number of likely N-dealkylation sites (tertiary alicyclic amines) is 1. The summed E-state index contributed by atoms with van der Waals surface area (Å²) in [6, 6.07) is 4.50. The number of urea groups is 1. The molecule has 0 bridgehead atoms. The number of aromatic nitrogens is 2. The molecule has 1 aliphatic heterocycles. The van der Waals surface area contributed by atoms with Gasteiger partial charge < -0.3 is 14.8 Å². The molecule has 1 saturated heterocycles. The van der Waals surface area contributed by atoms with Crippen LogP contribution in [0.15, 0.2) is 24.5 Å². The predicted octanol–water partition coefficient (Wildman–Crippen LogP) is 3.59. The van der Waals surface area contributed by atoms with Crippen molar-refractivity contribution in [3.8, 4) is 0 Å². The van der Waals surface area contributed by atoms with Crippen LogP contribution < -0.4 is 0 Å². The van der Waals surface area contributed by atoms with Crippen LogP contribution in [0.2, 0.25) is 0 Å². The molecule has 2 aromatic heterocycles. The maximum atomic E-state index is 12.8. The van der Waals surface area contributed by atoms with E-state index in [1.54, 1.807) is 6.20 Å². The van der Waals surface area contributed by atoms with Gasteiger partial charge >= 0.3 is 6.03 Å². The van der Waals surface area contributed by atoms with Crippen molar-refractivity contribution in [2.75, 3.05) is 19.6 Å². The second-order valence-corrected chi connectivity index (χ2v) is 6.59. The van der Waals surface area contributed by atoms with Crippen LogP contribution >= 0.6 is 0 Å². The number of carbonyl (C=O) groups is 1. The highest BCUT2D eigenvalue weighted by molar-refractivity contribution is 5.80. The molecule has 0 radical (unpaired) electrons. The summed E-state index contributed by atoms with van der Waals surface area (Å²) in [6.07, 6.45) is 6.05. The molecule has 2 aromatic rings. The second kappa shape index (κ2) is 6.60. The fourth-order valence-electron chi connectivity index (χ4n) is 3.62. The summed E-state index contributed by atoms with van der Waals surface area (Å²) in [7, 11) is 0. The van der Waals surface area contributed by atoms with E-state index < -0.39 is 0 Å². The molecule has 0 aromatic carbocycles. The number of fused-ring (bicyclic) bond motifs is 1. The van der Waals surface area contributed by atoms with Crippen LogP contribution in [0.5, 0.6) is 0 Å². The second-order valence-electron chi connectivity index (χ2n) is 6.59. The summed E-state index contributed by atoms with van der Waals surface area (Å²) in [5.74, 6) is 0.386. The molecule has 23 heavy (non-hydrogen) atoms. The third-order valence-electron chi connectivity index (χ3n) is 4.82. The lowest BCUT2D eigenvalue weighted by Crippen LogP contribution is -2.49. The molecule has 1 aliphatic rings. The van der Waals surface area contributed by atoms with Gasteiger partial charge in [-0.1, -0.05) is 0 Å². The van der Waals surface area contributed by atoms with Gasteiger partial charge in [-0.2, -0.15) is 0 Å². The monoisotopic (exact) mass is 314 g/mol. The van der Waals surface area contributed by atoms with Crippen molar-refractivity contribution in [3.63, 3.8) is 0 Å². The first-order chi connectivity index (χ1) is 11.1. The van der Waals surface area contributed by atoms with E-state index in [9.17, 15) is 4.79 Å². The molecule has 5 heteroatoms. The van der Waals surface area contributed by atoms with Crippen LogP contribution in [0.3, 0.4) is 0 Å². The highest BCUT2D eigenvalue weighted by Gasteiger charge is 2.29. The van der Waals surface area contributed by atoms with Gasteiger partial charge in [-0.3, -0.25) is 0 Å². The van der Waals surface area contributed by atoms with Crippen molar-refractivity contribution in [2.45, 2.75) is 45.6 Å². The molecular formula is C18H26N4O. The van der Waals surface area contributed by atoms with Gasteiger partial charge in [0.1, 0.15) is 5.65 Å². The first-order valence-electron chi connectivity index (χ1n) is 8.59. The minimum Gasteiger partial charge on any atom is -0.346 e. The summed E-state index contributed by atoms with van der Waals surface area (Å²) in [4.78, 5) is 24.4. The zero-order valence-electron chi connectivity index (χ0n) is 14.2. The minimum atomic E-state index is 0.171. The topological polar surface area (TPSA) is 52.2 Å². The van der Waals surface area contributed by atoms with E-state index in [4.69, 9.17) is 0 Å². The predicted molar refractivity (Wildman–Crippen MR) is 92.6 cm³/mol. The largest absolute Gasteiger partial charge is 0.346 e. The Balaban J connectivity index is 1.79. The van der Waals surface area contributed by atoms with E-state index >= 15 is 0 Å². The van der Waals surface area contributed by atoms with E-state index in [0.29, 0.717) is 5.92 Å². The average Bonchev–Trinajstić information content (AvgIpc) is 2.99. The number of piperidine rings is 1. The Morgan fingerprint density at radius 2 is 2.35 bits per heavy atom. The van der Waals surface area contributed by atoms with Crippen molar-refractivity contribution >= 4 is 17.1 Å². The number of hydrogen-bond acceptors (Lipinski definition) is 2. The molecule has 0 spiro atoms. The normalized spacial score (nSPS) is 18.6. The number of rotatable bonds is 3. The smallest absolute Gasteiger partial charge is 0.320 e. The van der Waals surface area contributed by atoms with Crippen LogP contribution in [-0.2, 0) is 0 Å². The lowest BCUT2D eigenvalue weighted by molar-refractivity contribution is 0.129. The summed E-state index contributed by atoms with van der Waals surface area (Å²) in [6.45, 7) is 8.62. The maximum absolute atomic E-state index is 12.8. The SMILES string of the molecule is CCN(C(=O)N1CCCC(c2c[nH]c3ncccc23)C1)C(C)C. The minimum absolute atomic E-state index is 0.171. The molecular weight excluding hydrogens is 288 g/mol. The van der Waals surface area contributed by atoms with Crippen LogP contribution in [0.1, 0.15) is 45.1 Å². The Bertz CT molecular complexity index is 678. The molecule has 1 atom stereocenters. The number of H-pyrrole nitrogens is 1. The third-order valence-corrected chi connectivity index (χ3v) is 4.82. The van der Waals surface area contributed by atoms with E-state index in [1.165, 1.54) is 10.9 Å². The molecule has 2 amide bonds. The summed E-state index contributed by atoms with van der Waals surface area (Å²) in [5.41, 5.74) is 2.22. The van der Waals surface area contributed by atoms with Crippen LogP contribution in [-0.4, -0.2) is 51.5 Å². The fraction of sp³-hybridized carbons (Fsp3) is 0.556. The molecule has 1 N–H and O–H groups in total. The van der Waals surface area contributed by atoms with Crippen molar-refractivity contribution in [1.29, 1.82) is 0 Å². The van der Waals surface area contributed by atoms with Gasteiger partial charge in [-0.15, -0.1) is 0 Å². The Hall–Kier alpha value is -2.04. The molecule has 1 fully saturated rings. The Labute approximate surface area is 137 Å². The van der Waals surface area contributed by atoms with Crippen LogP contribution in [0, 0.1) is 0 Å². The van der Waals surface area contributed by atoms with Gasteiger partial charge in [0.2, 0.25) is 0 Å². The number of nitrogens with one attached hydrogen (secondary N) is 1. The van der Waals surface area contributed by atoms with Crippen molar-refractivity contribution in [3.05, 3.63) is 30.1 Å². The van der Waals surface area contributed by atoms with E-state index in [2.05, 4.69) is 36.1 Å². The van der Waals surface area contributed by atoms with E-state index in [0.717, 1.165) is 38.1 Å². The number of nitrogens with zero attached hydrogens (tertiary/aromatic N) is 3. The van der Waals surface area contributed by atoms with Gasteiger partial charge in [-0.25, -0.2) is 9.78 Å². The van der Waals surface area contributed by atoms with E-state index in [1.807, 2.05) is 22.8 Å². The molecule has 124 valence electrons. The van der Waals surface area contributed by atoms with Gasteiger partial charge in [0.15, 0.2) is 0 Å². The average molecular weight is 314 g/mol. The van der Waals surface area contributed by atoms with Gasteiger partial charge in [-0.05, 0) is 51.3 Å². The Morgan fingerprint density at radius 1 is 1.52 bits per heavy atom. The number of hydrogen-bond donors (Lipinski definition) is 1. The fourth-order valence-corrected chi connectivity index (χ4v) is 3.62. The van der Waals surface area contributed by atoms with Gasteiger partial charge in [0.25, 0.3) is 0 Å². The Morgan fingerprint density at radius 3 is 3.09 bits per heavy atom. The lowest BCUT2D eigenvalue weighted by Gasteiger charge is -2.37.